The molecule has 82 valence electrons. The van der Waals surface area contributed by atoms with Gasteiger partial charge in [0.1, 0.15) is 0 Å². The van der Waals surface area contributed by atoms with Crippen molar-refractivity contribution in [1.29, 1.82) is 0 Å². The van der Waals surface area contributed by atoms with Crippen LogP contribution in [0.1, 0.15) is 45.4 Å². The maximum Gasteiger partial charge on any atom is 0.414 e. The molecule has 1 N–H and O–H groups in total. The van der Waals surface area contributed by atoms with E-state index < -0.39 is 12.1 Å². The van der Waals surface area contributed by atoms with E-state index in [9.17, 15) is 9.59 Å². The van der Waals surface area contributed by atoms with E-state index in [4.69, 9.17) is 0 Å². The van der Waals surface area contributed by atoms with Gasteiger partial charge in [-0.15, -0.1) is 0 Å². The maximum atomic E-state index is 11.0. The Kier molecular flexibility index (Phi) is 7.89. The van der Waals surface area contributed by atoms with Crippen LogP contribution in [0.4, 0.5) is 4.79 Å². The highest BCUT2D eigenvalue weighted by molar-refractivity contribution is 5.84. The largest absolute Gasteiger partial charge is 0.414 e. The average Bonchev–Trinajstić information content (AvgIpc) is 2.17. The van der Waals surface area contributed by atoms with Gasteiger partial charge in [-0.25, -0.2) is 4.79 Å². The first-order chi connectivity index (χ1) is 6.70. The minimum atomic E-state index is -0.677. The van der Waals surface area contributed by atoms with E-state index in [-0.39, 0.29) is 0 Å². The molecular formula is C10H19NO3. The van der Waals surface area contributed by atoms with Crippen molar-refractivity contribution >= 4 is 12.1 Å². The van der Waals surface area contributed by atoms with Gasteiger partial charge in [-0.2, -0.15) is 0 Å². The van der Waals surface area contributed by atoms with Crippen LogP contribution in [0.25, 0.3) is 0 Å². The first-order valence-corrected chi connectivity index (χ1v) is 5.13. The Morgan fingerprint density at radius 2 is 1.79 bits per heavy atom. The van der Waals surface area contributed by atoms with Crippen molar-refractivity contribution < 1.29 is 14.3 Å². The second-order valence-corrected chi connectivity index (χ2v) is 3.18. The number of hydrogen-bond donors (Lipinski definition) is 1. The van der Waals surface area contributed by atoms with E-state index in [0.29, 0.717) is 6.42 Å². The van der Waals surface area contributed by atoms with Gasteiger partial charge in [-0.05, 0) is 6.42 Å². The molecule has 1 amide bonds. The molecule has 0 rings (SSSR count). The first kappa shape index (κ1) is 12.9. The fraction of sp³-hybridized carbons (Fsp3) is 0.800. The fourth-order valence-electron chi connectivity index (χ4n) is 1.08. The lowest BCUT2D eigenvalue weighted by Gasteiger charge is -2.01. The molecule has 0 aliphatic heterocycles. The molecule has 0 spiro atoms. The monoisotopic (exact) mass is 201 g/mol. The van der Waals surface area contributed by atoms with Gasteiger partial charge in [0.2, 0.25) is 0 Å². The number of alkyl carbamates (subject to hydrolysis) is 1. The molecule has 0 fully saturated rings. The van der Waals surface area contributed by atoms with Crippen molar-refractivity contribution in [2.24, 2.45) is 0 Å². The first-order valence-electron chi connectivity index (χ1n) is 5.13. The Bertz CT molecular complexity index is 180. The average molecular weight is 201 g/mol. The predicted octanol–water partition coefficient (Wildman–Crippen LogP) is 2.23. The van der Waals surface area contributed by atoms with Gasteiger partial charge in [-0.3, -0.25) is 4.79 Å². The zero-order valence-electron chi connectivity index (χ0n) is 8.97. The molecule has 0 heterocycles. The number of ether oxygens (including phenoxy) is 1. The molecule has 0 aromatic carbocycles. The van der Waals surface area contributed by atoms with Crippen molar-refractivity contribution in [1.82, 2.24) is 5.32 Å². The van der Waals surface area contributed by atoms with Crippen LogP contribution in [0, 0.1) is 0 Å². The molecular weight excluding hydrogens is 182 g/mol. The summed E-state index contributed by atoms with van der Waals surface area (Å²) in [5, 5.41) is 2.22. The minimum absolute atomic E-state index is 0.330. The number of hydrogen-bond acceptors (Lipinski definition) is 3. The highest BCUT2D eigenvalue weighted by Gasteiger charge is 2.07. The number of carbonyl (C=O) groups is 2. The highest BCUT2D eigenvalue weighted by atomic mass is 16.6. The van der Waals surface area contributed by atoms with Crippen molar-refractivity contribution in [2.45, 2.75) is 45.4 Å². The molecule has 0 atom stereocenters. The third-order valence-corrected chi connectivity index (χ3v) is 1.90. The standard InChI is InChI=1S/C10H19NO3/c1-3-4-5-6-7-8-9(12)14-10(13)11-2/h3-8H2,1-2H3,(H,11,13). The topological polar surface area (TPSA) is 55.4 Å². The van der Waals surface area contributed by atoms with Gasteiger partial charge < -0.3 is 10.1 Å². The normalized spacial score (nSPS) is 9.57. The summed E-state index contributed by atoms with van der Waals surface area (Å²) < 4.78 is 4.42. The van der Waals surface area contributed by atoms with E-state index in [1.807, 2.05) is 0 Å². The lowest BCUT2D eigenvalue weighted by atomic mass is 10.1. The number of rotatable bonds is 6. The number of carbonyl (C=O) groups excluding carboxylic acids is 2. The van der Waals surface area contributed by atoms with Gasteiger partial charge in [-0.1, -0.05) is 32.6 Å². The van der Waals surface area contributed by atoms with Gasteiger partial charge in [0.05, 0.1) is 0 Å². The van der Waals surface area contributed by atoms with Crippen LogP contribution in [-0.2, 0) is 9.53 Å². The Labute approximate surface area is 85.0 Å². The molecule has 0 unspecified atom stereocenters. The molecule has 0 bridgehead atoms. The van der Waals surface area contributed by atoms with Crippen molar-refractivity contribution in [2.75, 3.05) is 7.05 Å². The third kappa shape index (κ3) is 7.58. The molecule has 4 nitrogen and oxygen atoms in total. The Balaban J connectivity index is 3.31. The summed E-state index contributed by atoms with van der Waals surface area (Å²) in [6.45, 7) is 2.14. The molecule has 0 radical (unpaired) electrons. The molecule has 0 aliphatic rings. The second-order valence-electron chi connectivity index (χ2n) is 3.18. The van der Waals surface area contributed by atoms with Gasteiger partial charge in [0.25, 0.3) is 0 Å². The highest BCUT2D eigenvalue weighted by Crippen LogP contribution is 2.05. The van der Waals surface area contributed by atoms with E-state index in [0.717, 1.165) is 19.3 Å². The minimum Gasteiger partial charge on any atom is -0.376 e. The summed E-state index contributed by atoms with van der Waals surface area (Å²) in [7, 11) is 1.43. The second kappa shape index (κ2) is 8.53. The molecule has 14 heavy (non-hydrogen) atoms. The lowest BCUT2D eigenvalue weighted by molar-refractivity contribution is -0.137. The van der Waals surface area contributed by atoms with Gasteiger partial charge in [0, 0.05) is 13.5 Å². The third-order valence-electron chi connectivity index (χ3n) is 1.90. The van der Waals surface area contributed by atoms with Crippen LogP contribution in [0.2, 0.25) is 0 Å². The summed E-state index contributed by atoms with van der Waals surface area (Å²) in [6, 6.07) is 0. The zero-order chi connectivity index (χ0) is 10.8. The molecule has 0 saturated carbocycles. The van der Waals surface area contributed by atoms with Crippen LogP contribution in [-0.4, -0.2) is 19.1 Å². The fourth-order valence-corrected chi connectivity index (χ4v) is 1.08. The molecule has 4 heteroatoms. The summed E-state index contributed by atoms with van der Waals surface area (Å²) in [5.74, 6) is -0.444. The zero-order valence-corrected chi connectivity index (χ0v) is 8.97. The maximum absolute atomic E-state index is 11.0. The SMILES string of the molecule is CCCCCCCC(=O)OC(=O)NC. The summed E-state index contributed by atoms with van der Waals surface area (Å²) in [4.78, 5) is 21.6. The number of nitrogens with one attached hydrogen (secondary N) is 1. The lowest BCUT2D eigenvalue weighted by Crippen LogP contribution is -2.22. The van der Waals surface area contributed by atoms with Crippen molar-refractivity contribution in [3.8, 4) is 0 Å². The van der Waals surface area contributed by atoms with E-state index in [2.05, 4.69) is 17.0 Å². The summed E-state index contributed by atoms with van der Waals surface area (Å²) in [6.07, 6.45) is 5.00. The molecule has 0 saturated heterocycles. The molecule has 0 aromatic rings. The smallest absolute Gasteiger partial charge is 0.376 e. The Hall–Kier alpha value is -1.06. The summed E-state index contributed by atoms with van der Waals surface area (Å²) in [5.41, 5.74) is 0. The van der Waals surface area contributed by atoms with E-state index in [1.54, 1.807) is 0 Å². The predicted molar refractivity (Wildman–Crippen MR) is 53.9 cm³/mol. The van der Waals surface area contributed by atoms with Crippen LogP contribution in [0.3, 0.4) is 0 Å². The van der Waals surface area contributed by atoms with Crippen molar-refractivity contribution in [3.05, 3.63) is 0 Å². The van der Waals surface area contributed by atoms with Crippen LogP contribution in [0.5, 0.6) is 0 Å². The van der Waals surface area contributed by atoms with E-state index in [1.165, 1.54) is 19.9 Å². The van der Waals surface area contributed by atoms with Crippen molar-refractivity contribution in [3.63, 3.8) is 0 Å². The summed E-state index contributed by atoms with van der Waals surface area (Å²) >= 11 is 0. The van der Waals surface area contributed by atoms with Gasteiger partial charge >= 0.3 is 12.1 Å². The molecule has 0 aromatic heterocycles. The quantitative estimate of drug-likeness (QED) is 0.407. The van der Waals surface area contributed by atoms with Crippen LogP contribution >= 0.6 is 0 Å². The van der Waals surface area contributed by atoms with Gasteiger partial charge in [0.15, 0.2) is 0 Å². The number of esters is 1. The Morgan fingerprint density at radius 3 is 2.36 bits per heavy atom. The Morgan fingerprint density at radius 1 is 1.14 bits per heavy atom. The van der Waals surface area contributed by atoms with Crippen LogP contribution < -0.4 is 5.32 Å². The van der Waals surface area contributed by atoms with Crippen LogP contribution in [0.15, 0.2) is 0 Å². The number of amides is 1. The number of unbranched alkanes of at least 4 members (excludes halogenated alkanes) is 4. The molecule has 0 aliphatic carbocycles. The van der Waals surface area contributed by atoms with E-state index >= 15 is 0 Å².